The van der Waals surface area contributed by atoms with E-state index in [2.05, 4.69) is 55.4 Å². The Morgan fingerprint density at radius 2 is 2.00 bits per heavy atom. The topological polar surface area (TPSA) is 67.1 Å². The Morgan fingerprint density at radius 3 is 2.65 bits per heavy atom. The largest absolute Gasteiger partial charge is 0.352 e. The first-order chi connectivity index (χ1) is 11.3. The summed E-state index contributed by atoms with van der Waals surface area (Å²) in [5.41, 5.74) is 2.17. The number of aromatic nitrogens is 3. The Balaban J connectivity index is 1.52. The van der Waals surface area contributed by atoms with E-state index in [1.165, 1.54) is 16.8 Å². The Labute approximate surface area is 138 Å². The van der Waals surface area contributed by atoms with Crippen LogP contribution in [0, 0.1) is 0 Å². The third-order valence-corrected chi connectivity index (χ3v) is 4.19. The second-order valence-corrected chi connectivity index (χ2v) is 5.90. The molecule has 23 heavy (non-hydrogen) atoms. The van der Waals surface area contributed by atoms with E-state index < -0.39 is 0 Å². The number of nitrogens with zero attached hydrogens (tertiary/aromatic N) is 4. The van der Waals surface area contributed by atoms with Gasteiger partial charge in [-0.25, -0.2) is 9.67 Å². The molecule has 0 fully saturated rings. The van der Waals surface area contributed by atoms with Crippen LogP contribution in [0.4, 0.5) is 0 Å². The van der Waals surface area contributed by atoms with Gasteiger partial charge in [-0.15, -0.1) is 11.3 Å². The minimum absolute atomic E-state index is 0.710. The molecular formula is C16H18N6S. The van der Waals surface area contributed by atoms with Crippen LogP contribution in [0.3, 0.4) is 0 Å². The monoisotopic (exact) mass is 326 g/mol. The lowest BCUT2D eigenvalue weighted by molar-refractivity contribution is 0.814. The van der Waals surface area contributed by atoms with Crippen molar-refractivity contribution in [2.24, 2.45) is 4.99 Å². The summed E-state index contributed by atoms with van der Waals surface area (Å²) < 4.78 is 1.73. The molecule has 0 radical (unpaired) electrons. The molecule has 0 bridgehead atoms. The van der Waals surface area contributed by atoms with Crippen molar-refractivity contribution in [2.75, 3.05) is 7.05 Å². The molecule has 0 saturated carbocycles. The van der Waals surface area contributed by atoms with Crippen LogP contribution in [0.5, 0.6) is 0 Å². The van der Waals surface area contributed by atoms with E-state index in [4.69, 9.17) is 0 Å². The van der Waals surface area contributed by atoms with Gasteiger partial charge in [0.05, 0.1) is 12.2 Å². The molecule has 2 aromatic heterocycles. The van der Waals surface area contributed by atoms with Crippen LogP contribution >= 0.6 is 11.3 Å². The highest BCUT2D eigenvalue weighted by Gasteiger charge is 2.01. The van der Waals surface area contributed by atoms with Crippen LogP contribution in [0.2, 0.25) is 0 Å². The molecule has 3 aromatic rings. The lowest BCUT2D eigenvalue weighted by atomic mass is 10.2. The first-order valence-electron chi connectivity index (χ1n) is 7.26. The van der Waals surface area contributed by atoms with E-state index in [-0.39, 0.29) is 0 Å². The minimum atomic E-state index is 0.710. The Morgan fingerprint density at radius 1 is 1.17 bits per heavy atom. The molecule has 2 N–H and O–H groups in total. The lowest BCUT2D eigenvalue weighted by Gasteiger charge is -2.11. The number of rotatable bonds is 5. The molecule has 2 heterocycles. The van der Waals surface area contributed by atoms with E-state index >= 15 is 0 Å². The molecule has 6 nitrogen and oxygen atoms in total. The quantitative estimate of drug-likeness (QED) is 0.557. The first-order valence-corrected chi connectivity index (χ1v) is 8.14. The van der Waals surface area contributed by atoms with Gasteiger partial charge in [-0.1, -0.05) is 18.2 Å². The van der Waals surface area contributed by atoms with Gasteiger partial charge in [-0.2, -0.15) is 5.10 Å². The molecule has 0 amide bonds. The molecule has 0 atom stereocenters. The summed E-state index contributed by atoms with van der Waals surface area (Å²) in [6, 6.07) is 12.3. The normalized spacial score (nSPS) is 11.4. The Hall–Kier alpha value is -2.67. The third-order valence-electron chi connectivity index (χ3n) is 3.31. The van der Waals surface area contributed by atoms with Crippen LogP contribution in [0.1, 0.15) is 10.4 Å². The van der Waals surface area contributed by atoms with Gasteiger partial charge < -0.3 is 10.6 Å². The highest BCUT2D eigenvalue weighted by molar-refractivity contribution is 7.09. The molecule has 3 rings (SSSR count). The van der Waals surface area contributed by atoms with Crippen LogP contribution in [-0.2, 0) is 13.1 Å². The maximum Gasteiger partial charge on any atom is 0.191 e. The second kappa shape index (κ2) is 7.55. The summed E-state index contributed by atoms with van der Waals surface area (Å²) in [7, 11) is 1.78. The molecule has 0 saturated heterocycles. The summed E-state index contributed by atoms with van der Waals surface area (Å²) >= 11 is 1.73. The van der Waals surface area contributed by atoms with Gasteiger partial charge in [0.1, 0.15) is 12.7 Å². The maximum absolute atomic E-state index is 4.24. The molecule has 0 aliphatic heterocycles. The zero-order valence-corrected chi connectivity index (χ0v) is 13.6. The van der Waals surface area contributed by atoms with Gasteiger partial charge in [-0.05, 0) is 29.1 Å². The average Bonchev–Trinajstić information content (AvgIpc) is 3.29. The van der Waals surface area contributed by atoms with Gasteiger partial charge in [0, 0.05) is 18.5 Å². The van der Waals surface area contributed by atoms with E-state index in [1.807, 2.05) is 12.1 Å². The van der Waals surface area contributed by atoms with Crippen LogP contribution in [-0.4, -0.2) is 27.8 Å². The number of hydrogen-bond donors (Lipinski definition) is 2. The van der Waals surface area contributed by atoms with E-state index in [1.54, 1.807) is 29.4 Å². The molecular weight excluding hydrogens is 308 g/mol. The number of hydrogen-bond acceptors (Lipinski definition) is 4. The molecule has 0 aliphatic carbocycles. The first kappa shape index (κ1) is 15.2. The van der Waals surface area contributed by atoms with Crippen LogP contribution in [0.15, 0.2) is 59.4 Å². The smallest absolute Gasteiger partial charge is 0.191 e. The minimum Gasteiger partial charge on any atom is -0.352 e. The molecule has 0 unspecified atom stereocenters. The van der Waals surface area contributed by atoms with Crippen molar-refractivity contribution in [1.82, 2.24) is 25.4 Å². The predicted molar refractivity (Wildman–Crippen MR) is 92.7 cm³/mol. The second-order valence-electron chi connectivity index (χ2n) is 4.87. The van der Waals surface area contributed by atoms with Crippen LogP contribution < -0.4 is 10.6 Å². The fraction of sp³-hybridized carbons (Fsp3) is 0.188. The lowest BCUT2D eigenvalue weighted by Crippen LogP contribution is -2.36. The summed E-state index contributed by atoms with van der Waals surface area (Å²) in [5.74, 6) is 0.791. The number of nitrogens with one attached hydrogen (secondary N) is 2. The SMILES string of the molecule is CN=C(NCc1ccc(-n2cncn2)cc1)NCc1cccs1. The van der Waals surface area contributed by atoms with Gasteiger partial charge in [0.15, 0.2) is 5.96 Å². The summed E-state index contributed by atoms with van der Waals surface area (Å²) in [5, 5.41) is 12.8. The highest BCUT2D eigenvalue weighted by Crippen LogP contribution is 2.08. The zero-order chi connectivity index (χ0) is 15.9. The molecule has 1 aromatic carbocycles. The summed E-state index contributed by atoms with van der Waals surface area (Å²) in [6.07, 6.45) is 3.21. The zero-order valence-electron chi connectivity index (χ0n) is 12.8. The molecule has 7 heteroatoms. The summed E-state index contributed by atoms with van der Waals surface area (Å²) in [4.78, 5) is 9.47. The fourth-order valence-electron chi connectivity index (χ4n) is 2.10. The van der Waals surface area contributed by atoms with Crippen molar-refractivity contribution in [1.29, 1.82) is 0 Å². The standard InChI is InChI=1S/C16H18N6S/c1-17-16(20-10-15-3-2-8-23-15)19-9-13-4-6-14(7-5-13)22-12-18-11-21-22/h2-8,11-12H,9-10H2,1H3,(H2,17,19,20). The highest BCUT2D eigenvalue weighted by atomic mass is 32.1. The van der Waals surface area contributed by atoms with E-state index in [0.29, 0.717) is 6.54 Å². The van der Waals surface area contributed by atoms with Crippen molar-refractivity contribution in [3.63, 3.8) is 0 Å². The van der Waals surface area contributed by atoms with E-state index in [0.717, 1.165) is 18.2 Å². The van der Waals surface area contributed by atoms with Crippen molar-refractivity contribution in [2.45, 2.75) is 13.1 Å². The van der Waals surface area contributed by atoms with Gasteiger partial charge in [-0.3, -0.25) is 4.99 Å². The molecule has 0 spiro atoms. The number of thiophene rings is 1. The molecule has 118 valence electrons. The number of guanidine groups is 1. The number of aliphatic imine (C=N–C) groups is 1. The molecule has 0 aliphatic rings. The Kier molecular flexibility index (Phi) is 5.00. The van der Waals surface area contributed by atoms with Gasteiger partial charge in [0.2, 0.25) is 0 Å². The van der Waals surface area contributed by atoms with Crippen molar-refractivity contribution >= 4 is 17.3 Å². The van der Waals surface area contributed by atoms with Gasteiger partial charge >= 0.3 is 0 Å². The third kappa shape index (κ3) is 4.17. The van der Waals surface area contributed by atoms with Crippen molar-refractivity contribution in [3.8, 4) is 5.69 Å². The van der Waals surface area contributed by atoms with Crippen LogP contribution in [0.25, 0.3) is 5.69 Å². The fourth-order valence-corrected chi connectivity index (χ4v) is 2.74. The van der Waals surface area contributed by atoms with E-state index in [9.17, 15) is 0 Å². The summed E-state index contributed by atoms with van der Waals surface area (Å²) in [6.45, 7) is 1.49. The predicted octanol–water partition coefficient (Wildman–Crippen LogP) is 2.19. The Bertz CT molecular complexity index is 731. The average molecular weight is 326 g/mol. The van der Waals surface area contributed by atoms with Crippen molar-refractivity contribution in [3.05, 3.63) is 64.9 Å². The van der Waals surface area contributed by atoms with Crippen molar-refractivity contribution < 1.29 is 0 Å². The maximum atomic E-state index is 4.24. The number of benzene rings is 1. The van der Waals surface area contributed by atoms with Gasteiger partial charge in [0.25, 0.3) is 0 Å².